The second-order valence-electron chi connectivity index (χ2n) is 12.4. The molecular formula is C39H73NO6. The van der Waals surface area contributed by atoms with E-state index in [4.69, 9.17) is 28.4 Å². The number of hydrogen-bond donors (Lipinski definition) is 1. The highest BCUT2D eigenvalue weighted by Crippen LogP contribution is 2.30. The fourth-order valence-corrected chi connectivity index (χ4v) is 5.34. The van der Waals surface area contributed by atoms with Gasteiger partial charge >= 0.3 is 0 Å². The normalized spacial score (nSPS) is 11.3. The minimum Gasteiger partial charge on any atom is -0.487 e. The molecule has 0 aliphatic carbocycles. The van der Waals surface area contributed by atoms with Crippen LogP contribution in [0.5, 0.6) is 11.5 Å². The smallest absolute Gasteiger partial charge is 0.163 e. The number of nitrogens with one attached hydrogen (secondary N) is 1. The molecule has 0 spiro atoms. The van der Waals surface area contributed by atoms with Crippen LogP contribution in [0.4, 0.5) is 5.69 Å². The van der Waals surface area contributed by atoms with Gasteiger partial charge in [0.25, 0.3) is 0 Å². The van der Waals surface area contributed by atoms with E-state index in [2.05, 4.69) is 19.2 Å². The van der Waals surface area contributed by atoms with Gasteiger partial charge in [-0.15, -0.1) is 0 Å². The zero-order valence-corrected chi connectivity index (χ0v) is 30.4. The van der Waals surface area contributed by atoms with Crippen LogP contribution in [0.25, 0.3) is 0 Å². The third-order valence-corrected chi connectivity index (χ3v) is 8.23. The maximum Gasteiger partial charge on any atom is 0.163 e. The highest BCUT2D eigenvalue weighted by atomic mass is 16.6. The van der Waals surface area contributed by atoms with Crippen molar-refractivity contribution in [1.29, 1.82) is 0 Å². The van der Waals surface area contributed by atoms with Crippen LogP contribution >= 0.6 is 0 Å². The quantitative estimate of drug-likeness (QED) is 0.0718. The average molecular weight is 652 g/mol. The lowest BCUT2D eigenvalue weighted by Gasteiger charge is -2.14. The minimum absolute atomic E-state index is 0.453. The van der Waals surface area contributed by atoms with Crippen LogP contribution in [0.1, 0.15) is 142 Å². The molecule has 0 heterocycles. The Balaban J connectivity index is 1.98. The van der Waals surface area contributed by atoms with Crippen molar-refractivity contribution >= 4 is 5.69 Å². The molecule has 1 aromatic carbocycles. The fourth-order valence-electron chi connectivity index (χ4n) is 5.34. The maximum absolute atomic E-state index is 5.99. The average Bonchev–Trinajstić information content (AvgIpc) is 3.07. The summed E-state index contributed by atoms with van der Waals surface area (Å²) < 4.78 is 34.8. The van der Waals surface area contributed by atoms with Gasteiger partial charge in [-0.25, -0.2) is 0 Å². The van der Waals surface area contributed by atoms with Crippen molar-refractivity contribution in [2.45, 2.75) is 142 Å². The molecule has 1 N–H and O–H groups in total. The van der Waals surface area contributed by atoms with Gasteiger partial charge in [-0.3, -0.25) is 0 Å². The van der Waals surface area contributed by atoms with E-state index in [0.29, 0.717) is 64.4 Å². The maximum atomic E-state index is 5.99. The second-order valence-corrected chi connectivity index (χ2v) is 12.4. The van der Waals surface area contributed by atoms with Gasteiger partial charge in [0.1, 0.15) is 13.2 Å². The standard InChI is InChI=1S/C39H73NO6/c1-4-6-8-10-12-14-16-18-20-22-26-41-28-30-43-32-34-45-38-25-24-37(40-3)36-39(38)46-35-33-44-31-29-42-27-23-21-19-17-15-13-11-9-7-5-2/h24-25,36,40H,4-23,26-35H2,1-3H3. The van der Waals surface area contributed by atoms with Crippen molar-refractivity contribution in [3.05, 3.63) is 18.2 Å². The third-order valence-electron chi connectivity index (χ3n) is 8.23. The lowest BCUT2D eigenvalue weighted by atomic mass is 10.1. The predicted octanol–water partition coefficient (Wildman–Crippen LogP) is 10.4. The monoisotopic (exact) mass is 652 g/mol. The zero-order chi connectivity index (χ0) is 33.0. The highest BCUT2D eigenvalue weighted by molar-refractivity contribution is 5.54. The van der Waals surface area contributed by atoms with Crippen molar-refractivity contribution in [3.8, 4) is 11.5 Å². The molecule has 0 aromatic heterocycles. The Bertz CT molecular complexity index is 749. The van der Waals surface area contributed by atoms with Crippen LogP contribution in [0.3, 0.4) is 0 Å². The topological polar surface area (TPSA) is 67.4 Å². The molecule has 0 aliphatic heterocycles. The van der Waals surface area contributed by atoms with E-state index in [-0.39, 0.29) is 0 Å². The molecule has 0 aliphatic rings. The first kappa shape index (κ1) is 42.5. The minimum atomic E-state index is 0.453. The van der Waals surface area contributed by atoms with E-state index in [1.165, 1.54) is 116 Å². The SMILES string of the molecule is CCCCCCCCCCCCOCCOCCOc1ccc(NC)cc1OCCOCCOCCCCCCCCCCCC. The first-order valence-electron chi connectivity index (χ1n) is 19.2. The summed E-state index contributed by atoms with van der Waals surface area (Å²) >= 11 is 0. The summed E-state index contributed by atoms with van der Waals surface area (Å²) in [7, 11) is 1.89. The number of anilines is 1. The Labute approximate surface area is 284 Å². The molecule has 46 heavy (non-hydrogen) atoms. The van der Waals surface area contributed by atoms with Crippen LogP contribution < -0.4 is 14.8 Å². The molecule has 7 heteroatoms. The first-order valence-corrected chi connectivity index (χ1v) is 19.2. The predicted molar refractivity (Wildman–Crippen MR) is 194 cm³/mol. The lowest BCUT2D eigenvalue weighted by molar-refractivity contribution is 0.0320. The van der Waals surface area contributed by atoms with Crippen LogP contribution in [0.15, 0.2) is 18.2 Å². The van der Waals surface area contributed by atoms with Gasteiger partial charge in [-0.05, 0) is 25.0 Å². The van der Waals surface area contributed by atoms with Crippen molar-refractivity contribution in [2.24, 2.45) is 0 Å². The van der Waals surface area contributed by atoms with Crippen LogP contribution in [0.2, 0.25) is 0 Å². The summed E-state index contributed by atoms with van der Waals surface area (Å²) in [6.45, 7) is 10.6. The van der Waals surface area contributed by atoms with E-state index < -0.39 is 0 Å². The van der Waals surface area contributed by atoms with Gasteiger partial charge in [0.05, 0.1) is 39.6 Å². The Hall–Kier alpha value is -1.54. The van der Waals surface area contributed by atoms with Gasteiger partial charge in [0.2, 0.25) is 0 Å². The summed E-state index contributed by atoms with van der Waals surface area (Å²) in [5.74, 6) is 1.41. The number of unbranched alkanes of at least 4 members (excludes halogenated alkanes) is 18. The molecule has 0 saturated heterocycles. The molecule has 0 fully saturated rings. The summed E-state index contributed by atoms with van der Waals surface area (Å²) in [5, 5.41) is 3.16. The van der Waals surface area contributed by atoms with Crippen LogP contribution in [-0.4, -0.2) is 73.1 Å². The van der Waals surface area contributed by atoms with Crippen molar-refractivity contribution in [2.75, 3.05) is 78.4 Å². The second kappa shape index (κ2) is 34.8. The van der Waals surface area contributed by atoms with E-state index in [1.54, 1.807) is 0 Å². The van der Waals surface area contributed by atoms with Gasteiger partial charge < -0.3 is 33.7 Å². The molecule has 0 unspecified atom stereocenters. The summed E-state index contributed by atoms with van der Waals surface area (Å²) in [6.07, 6.45) is 26.8. The van der Waals surface area contributed by atoms with Crippen LogP contribution in [-0.2, 0) is 18.9 Å². The van der Waals surface area contributed by atoms with E-state index in [1.807, 2.05) is 25.2 Å². The molecule has 1 rings (SSSR count). The van der Waals surface area contributed by atoms with Crippen molar-refractivity contribution < 1.29 is 28.4 Å². The van der Waals surface area contributed by atoms with Crippen molar-refractivity contribution in [3.63, 3.8) is 0 Å². The molecule has 0 radical (unpaired) electrons. The Morgan fingerprint density at radius 1 is 0.391 bits per heavy atom. The zero-order valence-electron chi connectivity index (χ0n) is 30.4. The molecule has 270 valence electrons. The summed E-state index contributed by atoms with van der Waals surface area (Å²) in [6, 6.07) is 5.86. The highest BCUT2D eigenvalue weighted by Gasteiger charge is 2.07. The number of benzene rings is 1. The van der Waals surface area contributed by atoms with Gasteiger partial charge in [-0.1, -0.05) is 129 Å². The molecule has 0 atom stereocenters. The number of ether oxygens (including phenoxy) is 6. The van der Waals surface area contributed by atoms with E-state index in [0.717, 1.165) is 31.7 Å². The molecule has 0 amide bonds. The Kier molecular flexibility index (Phi) is 32.1. The Morgan fingerprint density at radius 3 is 1.15 bits per heavy atom. The van der Waals surface area contributed by atoms with Crippen molar-refractivity contribution in [1.82, 2.24) is 0 Å². The number of rotatable bonds is 37. The van der Waals surface area contributed by atoms with Gasteiger partial charge in [-0.2, -0.15) is 0 Å². The van der Waals surface area contributed by atoms with E-state index >= 15 is 0 Å². The summed E-state index contributed by atoms with van der Waals surface area (Å²) in [4.78, 5) is 0. The first-order chi connectivity index (χ1) is 22.8. The molecule has 7 nitrogen and oxygen atoms in total. The largest absolute Gasteiger partial charge is 0.487 e. The molecular weight excluding hydrogens is 578 g/mol. The molecule has 0 bridgehead atoms. The summed E-state index contributed by atoms with van der Waals surface area (Å²) in [5.41, 5.74) is 0.972. The lowest BCUT2D eigenvalue weighted by Crippen LogP contribution is -2.13. The van der Waals surface area contributed by atoms with Gasteiger partial charge in [0, 0.05) is 32.0 Å². The Morgan fingerprint density at radius 2 is 0.739 bits per heavy atom. The fraction of sp³-hybridized carbons (Fsp3) is 0.846. The van der Waals surface area contributed by atoms with Crippen LogP contribution in [0, 0.1) is 0 Å². The van der Waals surface area contributed by atoms with E-state index in [9.17, 15) is 0 Å². The third kappa shape index (κ3) is 27.6. The molecule has 0 saturated carbocycles. The number of hydrogen-bond acceptors (Lipinski definition) is 7. The molecule has 1 aromatic rings. The van der Waals surface area contributed by atoms with Gasteiger partial charge in [0.15, 0.2) is 11.5 Å².